The van der Waals surface area contributed by atoms with Gasteiger partial charge in [0.15, 0.2) is 5.69 Å². The summed E-state index contributed by atoms with van der Waals surface area (Å²) in [5.41, 5.74) is 2.43. The molecule has 7 nitrogen and oxygen atoms in total. The van der Waals surface area contributed by atoms with Crippen molar-refractivity contribution < 1.29 is 9.53 Å². The second-order valence-corrected chi connectivity index (χ2v) is 6.97. The standard InChI is InChI=1S/C19H25N5O2.ClH/c1-14-18(21-22-24(14)16-7-9-20-10-8-16)19(25)23-11-12-26-17(13-23)15-5-3-2-4-6-15;/h2-6,16-17,20H,7-13H2,1H3;1H. The van der Waals surface area contributed by atoms with Gasteiger partial charge in [-0.15, -0.1) is 17.5 Å². The highest BCUT2D eigenvalue weighted by Crippen LogP contribution is 2.25. The van der Waals surface area contributed by atoms with Crippen molar-refractivity contribution in [2.75, 3.05) is 32.8 Å². The average molecular weight is 392 g/mol. The normalized spacial score (nSPS) is 20.9. The molecule has 0 radical (unpaired) electrons. The molecular weight excluding hydrogens is 366 g/mol. The quantitative estimate of drug-likeness (QED) is 0.867. The van der Waals surface area contributed by atoms with Crippen molar-refractivity contribution in [3.63, 3.8) is 0 Å². The Morgan fingerprint density at radius 2 is 1.96 bits per heavy atom. The van der Waals surface area contributed by atoms with Crippen LogP contribution in [0.4, 0.5) is 0 Å². The number of nitrogens with one attached hydrogen (secondary N) is 1. The molecule has 2 saturated heterocycles. The molecule has 1 amide bonds. The molecule has 3 heterocycles. The van der Waals surface area contributed by atoms with Gasteiger partial charge in [-0.2, -0.15) is 0 Å². The Balaban J connectivity index is 0.00000210. The third-order valence-electron chi connectivity index (χ3n) is 5.31. The molecule has 4 rings (SSSR count). The van der Waals surface area contributed by atoms with E-state index in [9.17, 15) is 4.79 Å². The lowest BCUT2D eigenvalue weighted by atomic mass is 10.1. The van der Waals surface area contributed by atoms with Gasteiger partial charge in [0.05, 0.1) is 24.9 Å². The van der Waals surface area contributed by atoms with Gasteiger partial charge in [0.2, 0.25) is 0 Å². The molecule has 2 aliphatic heterocycles. The lowest BCUT2D eigenvalue weighted by Crippen LogP contribution is -2.42. The molecule has 0 aliphatic carbocycles. The van der Waals surface area contributed by atoms with E-state index in [1.54, 1.807) is 0 Å². The van der Waals surface area contributed by atoms with E-state index in [1.807, 2.05) is 46.8 Å². The third kappa shape index (κ3) is 4.15. The first-order chi connectivity index (χ1) is 12.7. The number of piperidine rings is 1. The fraction of sp³-hybridized carbons (Fsp3) is 0.526. The van der Waals surface area contributed by atoms with E-state index in [0.29, 0.717) is 31.4 Å². The first-order valence-electron chi connectivity index (χ1n) is 9.32. The molecule has 2 aliphatic rings. The Kier molecular flexibility index (Phi) is 6.46. The zero-order valence-corrected chi connectivity index (χ0v) is 16.3. The molecule has 1 atom stereocenters. The van der Waals surface area contributed by atoms with Gasteiger partial charge < -0.3 is 15.0 Å². The van der Waals surface area contributed by atoms with Crippen LogP contribution in [0.2, 0.25) is 0 Å². The van der Waals surface area contributed by atoms with E-state index in [-0.39, 0.29) is 24.4 Å². The van der Waals surface area contributed by atoms with Crippen molar-refractivity contribution in [3.8, 4) is 0 Å². The van der Waals surface area contributed by atoms with Crippen LogP contribution in [0.1, 0.15) is 46.7 Å². The number of nitrogens with zero attached hydrogens (tertiary/aromatic N) is 4. The van der Waals surface area contributed by atoms with Gasteiger partial charge in [-0.3, -0.25) is 4.79 Å². The molecule has 8 heteroatoms. The molecule has 0 bridgehead atoms. The molecule has 0 spiro atoms. The van der Waals surface area contributed by atoms with E-state index in [4.69, 9.17) is 4.74 Å². The van der Waals surface area contributed by atoms with Crippen LogP contribution in [0.25, 0.3) is 0 Å². The number of carbonyl (C=O) groups is 1. The summed E-state index contributed by atoms with van der Waals surface area (Å²) in [6.07, 6.45) is 1.95. The van der Waals surface area contributed by atoms with Crippen molar-refractivity contribution in [1.82, 2.24) is 25.2 Å². The maximum absolute atomic E-state index is 13.0. The Morgan fingerprint density at radius 1 is 1.22 bits per heavy atom. The highest BCUT2D eigenvalue weighted by molar-refractivity contribution is 5.93. The highest BCUT2D eigenvalue weighted by atomic mass is 35.5. The fourth-order valence-electron chi connectivity index (χ4n) is 3.79. The van der Waals surface area contributed by atoms with Crippen LogP contribution >= 0.6 is 12.4 Å². The smallest absolute Gasteiger partial charge is 0.276 e. The first-order valence-corrected chi connectivity index (χ1v) is 9.32. The Hall–Kier alpha value is -1.96. The van der Waals surface area contributed by atoms with Gasteiger partial charge >= 0.3 is 0 Å². The number of aromatic nitrogens is 3. The summed E-state index contributed by atoms with van der Waals surface area (Å²) >= 11 is 0. The molecule has 146 valence electrons. The van der Waals surface area contributed by atoms with E-state index in [1.165, 1.54) is 0 Å². The zero-order valence-electron chi connectivity index (χ0n) is 15.5. The third-order valence-corrected chi connectivity index (χ3v) is 5.31. The maximum atomic E-state index is 13.0. The topological polar surface area (TPSA) is 72.3 Å². The monoisotopic (exact) mass is 391 g/mol. The van der Waals surface area contributed by atoms with Gasteiger partial charge in [-0.05, 0) is 38.4 Å². The van der Waals surface area contributed by atoms with E-state index < -0.39 is 0 Å². The van der Waals surface area contributed by atoms with Crippen molar-refractivity contribution in [3.05, 3.63) is 47.3 Å². The predicted octanol–water partition coefficient (Wildman–Crippen LogP) is 2.15. The molecule has 1 N–H and O–H groups in total. The predicted molar refractivity (Wildman–Crippen MR) is 104 cm³/mol. The minimum absolute atomic E-state index is 0. The minimum atomic E-state index is -0.0892. The number of ether oxygens (including phenoxy) is 1. The van der Waals surface area contributed by atoms with Crippen molar-refractivity contribution in [2.24, 2.45) is 0 Å². The summed E-state index contributed by atoms with van der Waals surface area (Å²) in [6.45, 7) is 5.58. The van der Waals surface area contributed by atoms with Crippen LogP contribution in [0.15, 0.2) is 30.3 Å². The number of hydrogen-bond acceptors (Lipinski definition) is 5. The van der Waals surface area contributed by atoms with Gasteiger partial charge in [0, 0.05) is 6.54 Å². The summed E-state index contributed by atoms with van der Waals surface area (Å²) in [5.74, 6) is -0.0492. The molecule has 2 fully saturated rings. The molecule has 2 aromatic rings. The van der Waals surface area contributed by atoms with Crippen LogP contribution in [0.3, 0.4) is 0 Å². The van der Waals surface area contributed by atoms with Crippen LogP contribution in [-0.2, 0) is 4.74 Å². The van der Waals surface area contributed by atoms with Gasteiger partial charge in [-0.1, -0.05) is 35.5 Å². The summed E-state index contributed by atoms with van der Waals surface area (Å²) in [5, 5.41) is 11.9. The molecule has 0 saturated carbocycles. The van der Waals surface area contributed by atoms with Crippen molar-refractivity contribution in [2.45, 2.75) is 31.9 Å². The number of halogens is 1. The van der Waals surface area contributed by atoms with Crippen molar-refractivity contribution >= 4 is 18.3 Å². The molecule has 1 unspecified atom stereocenters. The Morgan fingerprint density at radius 3 is 2.70 bits per heavy atom. The second-order valence-electron chi connectivity index (χ2n) is 6.97. The zero-order chi connectivity index (χ0) is 17.9. The largest absolute Gasteiger partial charge is 0.370 e. The molecule has 27 heavy (non-hydrogen) atoms. The molecule has 1 aromatic carbocycles. The number of morpholine rings is 1. The Bertz CT molecular complexity index is 761. The van der Waals surface area contributed by atoms with E-state index >= 15 is 0 Å². The number of hydrogen-bond donors (Lipinski definition) is 1. The van der Waals surface area contributed by atoms with Gasteiger partial charge in [-0.25, -0.2) is 4.68 Å². The Labute approximate surface area is 165 Å². The lowest BCUT2D eigenvalue weighted by Gasteiger charge is -2.33. The summed E-state index contributed by atoms with van der Waals surface area (Å²) < 4.78 is 7.80. The minimum Gasteiger partial charge on any atom is -0.370 e. The van der Waals surface area contributed by atoms with E-state index in [0.717, 1.165) is 37.2 Å². The summed E-state index contributed by atoms with van der Waals surface area (Å²) in [6, 6.07) is 10.4. The lowest BCUT2D eigenvalue weighted by molar-refractivity contribution is -0.0230. The van der Waals surface area contributed by atoms with Crippen LogP contribution in [0, 0.1) is 6.92 Å². The first kappa shape index (κ1) is 19.8. The number of amides is 1. The van der Waals surface area contributed by atoms with Crippen LogP contribution in [-0.4, -0.2) is 58.6 Å². The molecule has 1 aromatic heterocycles. The van der Waals surface area contributed by atoms with Gasteiger partial charge in [0.25, 0.3) is 5.91 Å². The van der Waals surface area contributed by atoms with Crippen LogP contribution < -0.4 is 5.32 Å². The SMILES string of the molecule is Cc1c(C(=O)N2CCOC(c3ccccc3)C2)nnn1C1CCNCC1.Cl. The summed E-state index contributed by atoms with van der Waals surface area (Å²) in [4.78, 5) is 14.9. The van der Waals surface area contributed by atoms with Crippen molar-refractivity contribution in [1.29, 1.82) is 0 Å². The second kappa shape index (κ2) is 8.82. The van der Waals surface area contributed by atoms with Gasteiger partial charge in [0.1, 0.15) is 6.10 Å². The highest BCUT2D eigenvalue weighted by Gasteiger charge is 2.30. The number of carbonyl (C=O) groups excluding carboxylic acids is 1. The average Bonchev–Trinajstić information content (AvgIpc) is 3.10. The number of benzene rings is 1. The maximum Gasteiger partial charge on any atom is 0.276 e. The fourth-order valence-corrected chi connectivity index (χ4v) is 3.79. The summed E-state index contributed by atoms with van der Waals surface area (Å²) in [7, 11) is 0. The van der Waals surface area contributed by atoms with Crippen LogP contribution in [0.5, 0.6) is 0 Å². The van der Waals surface area contributed by atoms with E-state index in [2.05, 4.69) is 15.6 Å². The molecular formula is C19H26ClN5O2. The number of rotatable bonds is 3.